The van der Waals surface area contributed by atoms with Crippen molar-refractivity contribution in [2.45, 2.75) is 66.5 Å². The van der Waals surface area contributed by atoms with Crippen LogP contribution in [0.5, 0.6) is 0 Å². The van der Waals surface area contributed by atoms with Gasteiger partial charge in [0.1, 0.15) is 0 Å². The maximum atomic E-state index is 12.8. The van der Waals surface area contributed by atoms with Crippen LogP contribution >= 0.6 is 0 Å². The molecule has 0 radical (unpaired) electrons. The monoisotopic (exact) mass is 384 g/mol. The summed E-state index contributed by atoms with van der Waals surface area (Å²) in [5, 5.41) is 8.06. The molecule has 152 valence electrons. The molecule has 1 aliphatic heterocycles. The summed E-state index contributed by atoms with van der Waals surface area (Å²) in [6.45, 7) is 14.1. The van der Waals surface area contributed by atoms with Gasteiger partial charge < -0.3 is 15.0 Å². The molecular formula is C22H32N4O2. The minimum Gasteiger partial charge on any atom is -0.372 e. The first-order valence-electron chi connectivity index (χ1n) is 10.2. The molecule has 1 aromatic heterocycles. The summed E-state index contributed by atoms with van der Waals surface area (Å²) in [5.41, 5.74) is 5.48. The van der Waals surface area contributed by atoms with Gasteiger partial charge in [0.05, 0.1) is 17.9 Å². The zero-order valence-corrected chi connectivity index (χ0v) is 17.7. The SMILES string of the molecule is CCn1nc(C)c(CNCc2ccc(C(=O)N3C[C@H](C)O[C@@H](C)C3)cc2)c1C. The highest BCUT2D eigenvalue weighted by molar-refractivity contribution is 5.94. The van der Waals surface area contributed by atoms with E-state index >= 15 is 0 Å². The van der Waals surface area contributed by atoms with Gasteiger partial charge >= 0.3 is 0 Å². The number of amides is 1. The second kappa shape index (κ2) is 8.88. The van der Waals surface area contributed by atoms with Gasteiger partial charge in [0.15, 0.2) is 0 Å². The molecule has 0 bridgehead atoms. The van der Waals surface area contributed by atoms with Crippen LogP contribution in [0.1, 0.15) is 53.6 Å². The minimum absolute atomic E-state index is 0.0831. The van der Waals surface area contributed by atoms with Gasteiger partial charge in [0.2, 0.25) is 0 Å². The smallest absolute Gasteiger partial charge is 0.254 e. The number of aryl methyl sites for hydroxylation is 2. The van der Waals surface area contributed by atoms with Gasteiger partial charge in [0, 0.05) is 49.5 Å². The Bertz CT molecular complexity index is 803. The summed E-state index contributed by atoms with van der Waals surface area (Å²) in [5.74, 6) is 0.0831. The summed E-state index contributed by atoms with van der Waals surface area (Å²) in [4.78, 5) is 14.6. The standard InChI is InChI=1S/C22H32N4O2/c1-6-26-18(5)21(17(4)24-26)12-23-11-19-7-9-20(10-8-19)22(27)25-13-15(2)28-16(3)14-25/h7-10,15-16,23H,6,11-14H2,1-5H3/t15-,16-/m0/s1. The van der Waals surface area contributed by atoms with E-state index in [0.717, 1.165) is 30.9 Å². The number of benzene rings is 1. The van der Waals surface area contributed by atoms with Crippen molar-refractivity contribution in [3.05, 3.63) is 52.3 Å². The van der Waals surface area contributed by atoms with Gasteiger partial charge in [-0.2, -0.15) is 5.10 Å². The lowest BCUT2D eigenvalue weighted by molar-refractivity contribution is -0.0586. The Morgan fingerprint density at radius 3 is 2.36 bits per heavy atom. The van der Waals surface area contributed by atoms with Crippen LogP contribution in [0, 0.1) is 13.8 Å². The number of hydrogen-bond donors (Lipinski definition) is 1. The van der Waals surface area contributed by atoms with E-state index in [1.807, 2.05) is 47.7 Å². The van der Waals surface area contributed by atoms with Gasteiger partial charge in [-0.25, -0.2) is 0 Å². The number of ether oxygens (including phenoxy) is 1. The third-order valence-corrected chi connectivity index (χ3v) is 5.37. The largest absolute Gasteiger partial charge is 0.372 e. The second-order valence-electron chi connectivity index (χ2n) is 7.73. The number of nitrogens with one attached hydrogen (secondary N) is 1. The maximum Gasteiger partial charge on any atom is 0.254 e. The normalized spacial score (nSPS) is 19.8. The average molecular weight is 385 g/mol. The van der Waals surface area contributed by atoms with E-state index in [-0.39, 0.29) is 18.1 Å². The van der Waals surface area contributed by atoms with Gasteiger partial charge in [-0.3, -0.25) is 9.48 Å². The fourth-order valence-corrected chi connectivity index (χ4v) is 3.92. The molecule has 1 saturated heterocycles. The summed E-state index contributed by atoms with van der Waals surface area (Å²) in [6, 6.07) is 7.91. The van der Waals surface area contributed by atoms with E-state index in [1.165, 1.54) is 16.8 Å². The quantitative estimate of drug-likeness (QED) is 0.832. The lowest BCUT2D eigenvalue weighted by Gasteiger charge is -2.35. The Kier molecular flexibility index (Phi) is 6.52. The summed E-state index contributed by atoms with van der Waals surface area (Å²) < 4.78 is 7.76. The average Bonchev–Trinajstić information content (AvgIpc) is 2.94. The number of rotatable bonds is 6. The molecule has 28 heavy (non-hydrogen) atoms. The molecule has 0 spiro atoms. The number of hydrogen-bond acceptors (Lipinski definition) is 4. The highest BCUT2D eigenvalue weighted by Gasteiger charge is 2.26. The Morgan fingerprint density at radius 1 is 1.14 bits per heavy atom. The van der Waals surface area contributed by atoms with Crippen molar-refractivity contribution in [3.8, 4) is 0 Å². The molecule has 6 heteroatoms. The molecule has 1 amide bonds. The third kappa shape index (κ3) is 4.62. The molecule has 2 aromatic rings. The zero-order chi connectivity index (χ0) is 20.3. The summed E-state index contributed by atoms with van der Waals surface area (Å²) >= 11 is 0. The highest BCUT2D eigenvalue weighted by Crippen LogP contribution is 2.16. The van der Waals surface area contributed by atoms with Crippen LogP contribution in [-0.2, 0) is 24.4 Å². The molecule has 2 heterocycles. The van der Waals surface area contributed by atoms with E-state index in [2.05, 4.69) is 31.2 Å². The highest BCUT2D eigenvalue weighted by atomic mass is 16.5. The Labute approximate surface area is 167 Å². The van der Waals surface area contributed by atoms with E-state index < -0.39 is 0 Å². The fraction of sp³-hybridized carbons (Fsp3) is 0.545. The van der Waals surface area contributed by atoms with Gasteiger partial charge in [-0.15, -0.1) is 0 Å². The molecule has 0 unspecified atom stereocenters. The molecule has 0 aliphatic carbocycles. The number of aromatic nitrogens is 2. The van der Waals surface area contributed by atoms with Crippen molar-refractivity contribution in [1.82, 2.24) is 20.0 Å². The molecule has 1 fully saturated rings. The number of carbonyl (C=O) groups is 1. The van der Waals surface area contributed by atoms with Crippen molar-refractivity contribution in [2.24, 2.45) is 0 Å². The van der Waals surface area contributed by atoms with Crippen LogP contribution in [-0.4, -0.2) is 45.9 Å². The van der Waals surface area contributed by atoms with Crippen LogP contribution in [0.25, 0.3) is 0 Å². The fourth-order valence-electron chi connectivity index (χ4n) is 3.92. The van der Waals surface area contributed by atoms with Crippen molar-refractivity contribution in [2.75, 3.05) is 13.1 Å². The third-order valence-electron chi connectivity index (χ3n) is 5.37. The summed E-state index contributed by atoms with van der Waals surface area (Å²) in [7, 11) is 0. The number of carbonyl (C=O) groups excluding carboxylic acids is 1. The van der Waals surface area contributed by atoms with Crippen LogP contribution in [0.2, 0.25) is 0 Å². The van der Waals surface area contributed by atoms with Gasteiger partial charge in [-0.05, 0) is 52.3 Å². The van der Waals surface area contributed by atoms with Crippen LogP contribution in [0.3, 0.4) is 0 Å². The van der Waals surface area contributed by atoms with Crippen molar-refractivity contribution in [1.29, 1.82) is 0 Å². The van der Waals surface area contributed by atoms with Crippen molar-refractivity contribution in [3.63, 3.8) is 0 Å². The first-order chi connectivity index (χ1) is 13.4. The topological polar surface area (TPSA) is 59.4 Å². The van der Waals surface area contributed by atoms with Crippen molar-refractivity contribution >= 4 is 5.91 Å². The Hall–Kier alpha value is -2.18. The number of nitrogens with zero attached hydrogens (tertiary/aromatic N) is 3. The Balaban J connectivity index is 1.56. The molecule has 0 saturated carbocycles. The lowest BCUT2D eigenvalue weighted by Crippen LogP contribution is -2.48. The van der Waals surface area contributed by atoms with E-state index in [1.54, 1.807) is 0 Å². The van der Waals surface area contributed by atoms with E-state index in [9.17, 15) is 4.79 Å². The first-order valence-corrected chi connectivity index (χ1v) is 10.2. The molecule has 1 aromatic carbocycles. The minimum atomic E-state index is 0.0831. The maximum absolute atomic E-state index is 12.8. The summed E-state index contributed by atoms with van der Waals surface area (Å²) in [6.07, 6.45) is 0.167. The lowest BCUT2D eigenvalue weighted by atomic mass is 10.1. The van der Waals surface area contributed by atoms with E-state index in [0.29, 0.717) is 13.1 Å². The van der Waals surface area contributed by atoms with Crippen LogP contribution < -0.4 is 5.32 Å². The first kappa shape index (κ1) is 20.6. The molecular weight excluding hydrogens is 352 g/mol. The molecule has 6 nitrogen and oxygen atoms in total. The molecule has 3 rings (SSSR count). The van der Waals surface area contributed by atoms with Crippen LogP contribution in [0.15, 0.2) is 24.3 Å². The predicted molar refractivity (Wildman–Crippen MR) is 110 cm³/mol. The van der Waals surface area contributed by atoms with Gasteiger partial charge in [0.25, 0.3) is 5.91 Å². The van der Waals surface area contributed by atoms with Gasteiger partial charge in [-0.1, -0.05) is 12.1 Å². The zero-order valence-electron chi connectivity index (χ0n) is 17.7. The number of morpholine rings is 1. The second-order valence-corrected chi connectivity index (χ2v) is 7.73. The van der Waals surface area contributed by atoms with E-state index in [4.69, 9.17) is 4.74 Å². The van der Waals surface area contributed by atoms with Crippen LogP contribution in [0.4, 0.5) is 0 Å². The molecule has 1 aliphatic rings. The predicted octanol–water partition coefficient (Wildman–Crippen LogP) is 3.06. The Morgan fingerprint density at radius 2 is 1.79 bits per heavy atom. The molecule has 1 N–H and O–H groups in total. The molecule has 2 atom stereocenters. The van der Waals surface area contributed by atoms with Crippen molar-refractivity contribution < 1.29 is 9.53 Å².